The maximum atomic E-state index is 11.1. The number of primary sulfonamides is 1. The number of nitrogens with zero attached hydrogens (tertiary/aromatic N) is 3. The van der Waals surface area contributed by atoms with Gasteiger partial charge in [0.15, 0.2) is 5.96 Å². The van der Waals surface area contributed by atoms with E-state index in [1.165, 1.54) is 12.1 Å². The van der Waals surface area contributed by atoms with E-state index in [1.54, 1.807) is 12.1 Å². The quantitative estimate of drug-likeness (QED) is 0.442. The third-order valence-corrected chi connectivity index (χ3v) is 3.63. The van der Waals surface area contributed by atoms with E-state index in [0.717, 1.165) is 17.9 Å². The van der Waals surface area contributed by atoms with E-state index in [9.17, 15) is 8.42 Å². The minimum atomic E-state index is -3.62. The van der Waals surface area contributed by atoms with E-state index in [0.29, 0.717) is 6.54 Å². The van der Waals surface area contributed by atoms with Crippen molar-refractivity contribution < 1.29 is 8.42 Å². The van der Waals surface area contributed by atoms with E-state index < -0.39 is 10.0 Å². The van der Waals surface area contributed by atoms with Crippen molar-refractivity contribution in [3.63, 3.8) is 0 Å². The van der Waals surface area contributed by atoms with Gasteiger partial charge in [0.1, 0.15) is 0 Å². The van der Waals surface area contributed by atoms with Gasteiger partial charge in [-0.25, -0.2) is 13.6 Å². The van der Waals surface area contributed by atoms with Crippen molar-refractivity contribution in [1.29, 1.82) is 0 Å². The van der Waals surface area contributed by atoms with E-state index >= 15 is 0 Å². The smallest absolute Gasteiger partial charge is 0.238 e. The molecule has 1 aromatic carbocycles. The summed E-state index contributed by atoms with van der Waals surface area (Å²) in [6.07, 6.45) is 0.746. The number of benzene rings is 1. The van der Waals surface area contributed by atoms with Crippen LogP contribution in [0.2, 0.25) is 0 Å². The van der Waals surface area contributed by atoms with Crippen LogP contribution in [0.4, 0.5) is 0 Å². The number of nitrogens with two attached hydrogens (primary N) is 1. The molecule has 0 saturated heterocycles. The first-order valence-corrected chi connectivity index (χ1v) is 7.77. The summed E-state index contributed by atoms with van der Waals surface area (Å²) in [7, 11) is 4.16. The molecule has 0 bridgehead atoms. The Morgan fingerprint density at radius 2 is 1.57 bits per heavy atom. The molecular weight excluding hydrogens is 403 g/mol. The van der Waals surface area contributed by atoms with Crippen molar-refractivity contribution in [2.75, 3.05) is 34.7 Å². The number of guanidine groups is 1. The Morgan fingerprint density at radius 1 is 1.10 bits per heavy atom. The highest BCUT2D eigenvalue weighted by atomic mass is 127. The van der Waals surface area contributed by atoms with E-state index in [2.05, 4.69) is 4.99 Å². The van der Waals surface area contributed by atoms with Crippen LogP contribution in [0.1, 0.15) is 5.56 Å². The molecule has 6 nitrogen and oxygen atoms in total. The minimum Gasteiger partial charge on any atom is -0.349 e. The van der Waals surface area contributed by atoms with Crippen molar-refractivity contribution in [3.8, 4) is 0 Å². The standard InChI is InChI=1S/C13H22N4O2S.HI/c1-16(2)13(17(3)4)15-10-9-11-5-7-12(8-6-11)20(14,18)19;/h5-8H,9-10H2,1-4H3,(H2,14,18,19);1H. The molecule has 0 saturated carbocycles. The fourth-order valence-electron chi connectivity index (χ4n) is 1.81. The molecule has 0 aliphatic rings. The SMILES string of the molecule is CN(C)C(=NCCc1ccc(S(N)(=O)=O)cc1)N(C)C.I. The Balaban J connectivity index is 0.00000400. The number of rotatable bonds is 4. The lowest BCUT2D eigenvalue weighted by atomic mass is 10.1. The van der Waals surface area contributed by atoms with Gasteiger partial charge in [0.05, 0.1) is 4.90 Å². The number of hydrogen-bond acceptors (Lipinski definition) is 3. The summed E-state index contributed by atoms with van der Waals surface area (Å²) in [5.41, 5.74) is 1.03. The van der Waals surface area contributed by atoms with Gasteiger partial charge in [0.2, 0.25) is 10.0 Å². The van der Waals surface area contributed by atoms with Crippen molar-refractivity contribution >= 4 is 40.0 Å². The van der Waals surface area contributed by atoms with E-state index in [1.807, 2.05) is 38.0 Å². The molecule has 0 unspecified atom stereocenters. The maximum Gasteiger partial charge on any atom is 0.238 e. The van der Waals surface area contributed by atoms with Gasteiger partial charge in [-0.1, -0.05) is 12.1 Å². The number of sulfonamides is 1. The molecule has 1 rings (SSSR count). The highest BCUT2D eigenvalue weighted by Crippen LogP contribution is 2.09. The number of hydrogen-bond donors (Lipinski definition) is 1. The first-order valence-electron chi connectivity index (χ1n) is 6.22. The maximum absolute atomic E-state index is 11.1. The number of aliphatic imine (C=N–C) groups is 1. The predicted molar refractivity (Wildman–Crippen MR) is 96.6 cm³/mol. The van der Waals surface area contributed by atoms with Gasteiger partial charge in [-0.05, 0) is 24.1 Å². The van der Waals surface area contributed by atoms with Crippen LogP contribution in [0.3, 0.4) is 0 Å². The minimum absolute atomic E-state index is 0. The molecule has 8 heteroatoms. The van der Waals surface area contributed by atoms with Gasteiger partial charge in [0.25, 0.3) is 0 Å². The first-order chi connectivity index (χ1) is 9.21. The second kappa shape index (κ2) is 8.54. The van der Waals surface area contributed by atoms with Crippen molar-refractivity contribution in [3.05, 3.63) is 29.8 Å². The molecule has 0 heterocycles. The third-order valence-electron chi connectivity index (χ3n) is 2.71. The van der Waals surface area contributed by atoms with Crippen LogP contribution in [0.25, 0.3) is 0 Å². The van der Waals surface area contributed by atoms with Crippen molar-refractivity contribution in [2.24, 2.45) is 10.1 Å². The summed E-state index contributed by atoms with van der Waals surface area (Å²) >= 11 is 0. The van der Waals surface area contributed by atoms with Crippen LogP contribution in [0.15, 0.2) is 34.2 Å². The molecule has 0 aliphatic carbocycles. The Kier molecular flexibility index (Phi) is 8.19. The largest absolute Gasteiger partial charge is 0.349 e. The van der Waals surface area contributed by atoms with Crippen LogP contribution < -0.4 is 5.14 Å². The molecule has 1 aromatic rings. The summed E-state index contributed by atoms with van der Waals surface area (Å²) < 4.78 is 22.3. The van der Waals surface area contributed by atoms with E-state index in [4.69, 9.17) is 5.14 Å². The predicted octanol–water partition coefficient (Wildman–Crippen LogP) is 0.974. The van der Waals surface area contributed by atoms with Crippen LogP contribution in [-0.4, -0.2) is 58.9 Å². The average molecular weight is 426 g/mol. The molecule has 0 aromatic heterocycles. The monoisotopic (exact) mass is 426 g/mol. The summed E-state index contributed by atoms with van der Waals surface area (Å²) in [4.78, 5) is 8.54. The lowest BCUT2D eigenvalue weighted by Crippen LogP contribution is -2.35. The van der Waals surface area contributed by atoms with Gasteiger partial charge in [-0.2, -0.15) is 0 Å². The highest BCUT2D eigenvalue weighted by molar-refractivity contribution is 14.0. The van der Waals surface area contributed by atoms with Gasteiger partial charge in [-0.15, -0.1) is 24.0 Å². The average Bonchev–Trinajstić information content (AvgIpc) is 2.33. The topological polar surface area (TPSA) is 79.0 Å². The zero-order valence-electron chi connectivity index (χ0n) is 12.8. The molecule has 21 heavy (non-hydrogen) atoms. The molecule has 2 N–H and O–H groups in total. The fraction of sp³-hybridized carbons (Fsp3) is 0.462. The second-order valence-electron chi connectivity index (χ2n) is 4.91. The Hall–Kier alpha value is -0.870. The normalized spacial score (nSPS) is 10.5. The van der Waals surface area contributed by atoms with Gasteiger partial charge in [0, 0.05) is 34.7 Å². The molecule has 0 radical (unpaired) electrons. The summed E-state index contributed by atoms with van der Waals surface area (Å²) in [5, 5.41) is 5.05. The number of halogens is 1. The highest BCUT2D eigenvalue weighted by Gasteiger charge is 2.07. The molecular formula is C13H23IN4O2S. The summed E-state index contributed by atoms with van der Waals surface area (Å²) in [5.74, 6) is 0.895. The molecule has 0 fully saturated rings. The molecule has 0 spiro atoms. The van der Waals surface area contributed by atoms with Crippen LogP contribution in [-0.2, 0) is 16.4 Å². The lowest BCUT2D eigenvalue weighted by Gasteiger charge is -2.22. The van der Waals surface area contributed by atoms with Gasteiger partial charge < -0.3 is 9.80 Å². The lowest BCUT2D eigenvalue weighted by molar-refractivity contribution is 0.479. The van der Waals surface area contributed by atoms with Gasteiger partial charge in [-0.3, -0.25) is 4.99 Å². The van der Waals surface area contributed by atoms with E-state index in [-0.39, 0.29) is 28.9 Å². The van der Waals surface area contributed by atoms with Crippen LogP contribution >= 0.6 is 24.0 Å². The van der Waals surface area contributed by atoms with Crippen LogP contribution in [0, 0.1) is 0 Å². The molecule has 0 aliphatic heterocycles. The third kappa shape index (κ3) is 6.62. The van der Waals surface area contributed by atoms with Crippen molar-refractivity contribution in [2.45, 2.75) is 11.3 Å². The van der Waals surface area contributed by atoms with Crippen LogP contribution in [0.5, 0.6) is 0 Å². The zero-order chi connectivity index (χ0) is 15.3. The zero-order valence-corrected chi connectivity index (χ0v) is 15.9. The van der Waals surface area contributed by atoms with Crippen molar-refractivity contribution in [1.82, 2.24) is 9.80 Å². The summed E-state index contributed by atoms with van der Waals surface area (Å²) in [6.45, 7) is 0.639. The molecule has 0 amide bonds. The second-order valence-corrected chi connectivity index (χ2v) is 6.47. The fourth-order valence-corrected chi connectivity index (χ4v) is 2.33. The Bertz CT molecular complexity index is 558. The van der Waals surface area contributed by atoms with Gasteiger partial charge >= 0.3 is 0 Å². The Morgan fingerprint density at radius 3 is 1.95 bits per heavy atom. The Labute approximate surface area is 144 Å². The first kappa shape index (κ1) is 20.1. The summed E-state index contributed by atoms with van der Waals surface area (Å²) in [6, 6.07) is 6.57. The molecule has 120 valence electrons. The molecule has 0 atom stereocenters.